The van der Waals surface area contributed by atoms with Gasteiger partial charge in [-0.2, -0.15) is 5.26 Å². The zero-order chi connectivity index (χ0) is 11.8. The number of hydrogen-bond acceptors (Lipinski definition) is 2. The first-order valence-electron chi connectivity index (χ1n) is 5.56. The molecule has 0 aliphatic carbocycles. The number of rotatable bonds is 6. The number of nitrogens with one attached hydrogen (secondary N) is 1. The highest BCUT2D eigenvalue weighted by Gasteiger charge is 1.98. The van der Waals surface area contributed by atoms with Crippen molar-refractivity contribution in [1.82, 2.24) is 5.32 Å². The minimum Gasteiger partial charge on any atom is -0.316 e. The molecule has 1 aromatic rings. The zero-order valence-corrected chi connectivity index (χ0v) is 11.2. The van der Waals surface area contributed by atoms with E-state index in [1.807, 2.05) is 0 Å². The lowest BCUT2D eigenvalue weighted by atomic mass is 10.1. The third-order valence-corrected chi connectivity index (χ3v) is 3.02. The highest BCUT2D eigenvalue weighted by molar-refractivity contribution is 9.10. The first kappa shape index (κ1) is 13.2. The van der Waals surface area contributed by atoms with Gasteiger partial charge in [0.05, 0.1) is 6.07 Å². The lowest BCUT2D eigenvalue weighted by molar-refractivity contribution is 0.654. The largest absolute Gasteiger partial charge is 0.316 e. The van der Waals surface area contributed by atoms with Crippen molar-refractivity contribution in [3.8, 4) is 6.07 Å². The smallest absolute Gasteiger partial charge is 0.0622 e. The maximum Gasteiger partial charge on any atom is 0.0622 e. The van der Waals surface area contributed by atoms with Crippen LogP contribution in [-0.4, -0.2) is 13.1 Å². The van der Waals surface area contributed by atoms with Crippen molar-refractivity contribution < 1.29 is 0 Å². The van der Waals surface area contributed by atoms with Crippen molar-refractivity contribution in [2.45, 2.75) is 26.2 Å². The second kappa shape index (κ2) is 7.43. The molecular formula is C13H17BrN2. The fourth-order valence-electron chi connectivity index (χ4n) is 1.55. The molecule has 0 saturated heterocycles. The van der Waals surface area contributed by atoms with Crippen LogP contribution >= 0.6 is 15.9 Å². The SMILES string of the molecule is Cc1ccc(Br)cc1CCNCCCC#N. The number of aryl methyl sites for hydroxylation is 1. The van der Waals surface area contributed by atoms with Crippen LogP contribution < -0.4 is 5.32 Å². The van der Waals surface area contributed by atoms with E-state index in [2.05, 4.69) is 52.4 Å². The second-order valence-corrected chi connectivity index (χ2v) is 4.75. The van der Waals surface area contributed by atoms with Gasteiger partial charge in [-0.05, 0) is 56.1 Å². The molecule has 0 aromatic heterocycles. The molecule has 0 heterocycles. The molecule has 16 heavy (non-hydrogen) atoms. The molecule has 0 aliphatic rings. The van der Waals surface area contributed by atoms with E-state index in [1.165, 1.54) is 11.1 Å². The third-order valence-electron chi connectivity index (χ3n) is 2.52. The maximum atomic E-state index is 8.38. The molecular weight excluding hydrogens is 264 g/mol. The van der Waals surface area contributed by atoms with Crippen LogP contribution in [0.15, 0.2) is 22.7 Å². The van der Waals surface area contributed by atoms with Crippen LogP contribution in [0.2, 0.25) is 0 Å². The van der Waals surface area contributed by atoms with E-state index in [0.717, 1.165) is 30.4 Å². The van der Waals surface area contributed by atoms with E-state index in [4.69, 9.17) is 5.26 Å². The van der Waals surface area contributed by atoms with E-state index in [1.54, 1.807) is 0 Å². The molecule has 1 N–H and O–H groups in total. The maximum absolute atomic E-state index is 8.38. The van der Waals surface area contributed by atoms with Gasteiger partial charge in [0.1, 0.15) is 0 Å². The molecule has 1 rings (SSSR count). The van der Waals surface area contributed by atoms with Gasteiger partial charge in [-0.25, -0.2) is 0 Å². The minimum atomic E-state index is 0.642. The molecule has 0 amide bonds. The van der Waals surface area contributed by atoms with E-state index in [-0.39, 0.29) is 0 Å². The Balaban J connectivity index is 2.27. The molecule has 0 unspecified atom stereocenters. The summed E-state index contributed by atoms with van der Waals surface area (Å²) in [6, 6.07) is 8.52. The van der Waals surface area contributed by atoms with Crippen LogP contribution in [0.4, 0.5) is 0 Å². The number of hydrogen-bond donors (Lipinski definition) is 1. The highest BCUT2D eigenvalue weighted by Crippen LogP contribution is 2.16. The summed E-state index contributed by atoms with van der Waals surface area (Å²) >= 11 is 3.48. The number of nitrogens with zero attached hydrogens (tertiary/aromatic N) is 1. The Labute approximate surface area is 106 Å². The summed E-state index contributed by atoms with van der Waals surface area (Å²) < 4.78 is 1.14. The molecule has 0 radical (unpaired) electrons. The Bertz CT molecular complexity index is 369. The fraction of sp³-hybridized carbons (Fsp3) is 0.462. The number of nitriles is 1. The lowest BCUT2D eigenvalue weighted by Crippen LogP contribution is -2.18. The standard InChI is InChI=1S/C13H17BrN2/c1-11-4-5-13(14)10-12(11)6-9-16-8-3-2-7-15/h4-5,10,16H,2-3,6,8-9H2,1H3. The monoisotopic (exact) mass is 280 g/mol. The van der Waals surface area contributed by atoms with Crippen LogP contribution in [0.5, 0.6) is 0 Å². The van der Waals surface area contributed by atoms with Gasteiger partial charge in [0.25, 0.3) is 0 Å². The fourth-order valence-corrected chi connectivity index (χ4v) is 1.96. The summed E-state index contributed by atoms with van der Waals surface area (Å²) in [6.45, 7) is 4.04. The zero-order valence-electron chi connectivity index (χ0n) is 9.59. The Morgan fingerprint density at radius 2 is 2.19 bits per heavy atom. The van der Waals surface area contributed by atoms with Crippen LogP contribution in [0.25, 0.3) is 0 Å². The summed E-state index contributed by atoms with van der Waals surface area (Å²) in [5.41, 5.74) is 2.71. The summed E-state index contributed by atoms with van der Waals surface area (Å²) in [6.07, 6.45) is 2.62. The number of halogens is 1. The minimum absolute atomic E-state index is 0.642. The topological polar surface area (TPSA) is 35.8 Å². The molecule has 3 heteroatoms. The van der Waals surface area contributed by atoms with Crippen LogP contribution in [-0.2, 0) is 6.42 Å². The van der Waals surface area contributed by atoms with Gasteiger partial charge in [0, 0.05) is 10.9 Å². The average Bonchev–Trinajstić information content (AvgIpc) is 2.28. The van der Waals surface area contributed by atoms with Crippen LogP contribution in [0.1, 0.15) is 24.0 Å². The summed E-state index contributed by atoms with van der Waals surface area (Å²) in [5, 5.41) is 11.7. The van der Waals surface area contributed by atoms with Crippen molar-refractivity contribution in [3.05, 3.63) is 33.8 Å². The van der Waals surface area contributed by atoms with Gasteiger partial charge in [0.2, 0.25) is 0 Å². The normalized spacial score (nSPS) is 10.1. The highest BCUT2D eigenvalue weighted by atomic mass is 79.9. The Morgan fingerprint density at radius 1 is 1.38 bits per heavy atom. The van der Waals surface area contributed by atoms with Crippen molar-refractivity contribution in [1.29, 1.82) is 5.26 Å². The van der Waals surface area contributed by atoms with E-state index < -0.39 is 0 Å². The van der Waals surface area contributed by atoms with Gasteiger partial charge < -0.3 is 5.32 Å². The average molecular weight is 281 g/mol. The Morgan fingerprint density at radius 3 is 2.94 bits per heavy atom. The van der Waals surface area contributed by atoms with Gasteiger partial charge in [-0.15, -0.1) is 0 Å². The molecule has 86 valence electrons. The Kier molecular flexibility index (Phi) is 6.14. The Hall–Kier alpha value is -0.850. The predicted octanol–water partition coefficient (Wildman–Crippen LogP) is 3.19. The molecule has 2 nitrogen and oxygen atoms in total. The van der Waals surface area contributed by atoms with Crippen molar-refractivity contribution in [2.24, 2.45) is 0 Å². The van der Waals surface area contributed by atoms with Gasteiger partial charge >= 0.3 is 0 Å². The molecule has 0 spiro atoms. The summed E-state index contributed by atoms with van der Waals surface area (Å²) in [5.74, 6) is 0. The lowest BCUT2D eigenvalue weighted by Gasteiger charge is -2.07. The first-order valence-corrected chi connectivity index (χ1v) is 6.36. The molecule has 1 aromatic carbocycles. The molecule has 0 bridgehead atoms. The van der Waals surface area contributed by atoms with Gasteiger partial charge in [-0.1, -0.05) is 22.0 Å². The van der Waals surface area contributed by atoms with Crippen molar-refractivity contribution in [3.63, 3.8) is 0 Å². The quantitative estimate of drug-likeness (QED) is 0.813. The molecule has 0 aliphatic heterocycles. The van der Waals surface area contributed by atoms with Crippen molar-refractivity contribution >= 4 is 15.9 Å². The van der Waals surface area contributed by atoms with Gasteiger partial charge in [-0.3, -0.25) is 0 Å². The summed E-state index contributed by atoms with van der Waals surface area (Å²) in [7, 11) is 0. The molecule has 0 fully saturated rings. The first-order chi connectivity index (χ1) is 7.74. The van der Waals surface area contributed by atoms with Crippen LogP contribution in [0.3, 0.4) is 0 Å². The molecule has 0 saturated carbocycles. The third kappa shape index (κ3) is 4.78. The van der Waals surface area contributed by atoms with Gasteiger partial charge in [0.15, 0.2) is 0 Å². The predicted molar refractivity (Wildman–Crippen MR) is 70.3 cm³/mol. The summed E-state index contributed by atoms with van der Waals surface area (Å²) in [4.78, 5) is 0. The second-order valence-electron chi connectivity index (χ2n) is 3.83. The number of benzene rings is 1. The van der Waals surface area contributed by atoms with Crippen LogP contribution in [0, 0.1) is 18.3 Å². The van der Waals surface area contributed by atoms with Crippen molar-refractivity contribution in [2.75, 3.05) is 13.1 Å². The van der Waals surface area contributed by atoms with E-state index >= 15 is 0 Å². The van der Waals surface area contributed by atoms with E-state index in [0.29, 0.717) is 6.42 Å². The van der Waals surface area contributed by atoms with E-state index in [9.17, 15) is 0 Å². The number of unbranched alkanes of at least 4 members (excludes halogenated alkanes) is 1. The molecule has 0 atom stereocenters.